The Morgan fingerprint density at radius 2 is 1.92 bits per heavy atom. The van der Waals surface area contributed by atoms with Crippen LogP contribution in [-0.4, -0.2) is 80.8 Å². The van der Waals surface area contributed by atoms with Crippen molar-refractivity contribution in [2.75, 3.05) is 58.8 Å². The number of aliphatic imine (C=N–C) groups is 1. The fourth-order valence-electron chi connectivity index (χ4n) is 3.67. The Morgan fingerprint density at radius 3 is 2.48 bits per heavy atom. The highest BCUT2D eigenvalue weighted by atomic mass is 16.3. The van der Waals surface area contributed by atoms with Crippen LogP contribution >= 0.6 is 0 Å². The SMILES string of the molecule is CN=C(NCC(C1CC1)N(C)C)N1CCN(c2ccccc2O)CC1. The Hall–Kier alpha value is -1.95. The third-order valence-electron chi connectivity index (χ3n) is 5.31. The van der Waals surface area contributed by atoms with Crippen molar-refractivity contribution in [2.24, 2.45) is 10.9 Å². The number of para-hydroxylation sites is 2. The number of rotatable bonds is 5. The van der Waals surface area contributed by atoms with Gasteiger partial charge in [-0.15, -0.1) is 0 Å². The van der Waals surface area contributed by atoms with E-state index in [2.05, 4.69) is 39.1 Å². The van der Waals surface area contributed by atoms with Crippen LogP contribution in [0, 0.1) is 5.92 Å². The number of phenols is 1. The van der Waals surface area contributed by atoms with Crippen molar-refractivity contribution in [3.63, 3.8) is 0 Å². The zero-order valence-corrected chi connectivity index (χ0v) is 15.6. The molecule has 2 N–H and O–H groups in total. The molecule has 1 saturated carbocycles. The van der Waals surface area contributed by atoms with Crippen LogP contribution < -0.4 is 10.2 Å². The molecule has 0 amide bonds. The molecule has 2 aliphatic rings. The van der Waals surface area contributed by atoms with Gasteiger partial charge in [0.05, 0.1) is 5.69 Å². The second kappa shape index (κ2) is 7.95. The number of nitrogens with one attached hydrogen (secondary N) is 1. The van der Waals surface area contributed by atoms with Crippen molar-refractivity contribution in [3.8, 4) is 5.75 Å². The first-order valence-electron chi connectivity index (χ1n) is 9.25. The minimum absolute atomic E-state index is 0.358. The second-order valence-corrected chi connectivity index (χ2v) is 7.26. The van der Waals surface area contributed by atoms with E-state index in [0.717, 1.165) is 50.3 Å². The lowest BCUT2D eigenvalue weighted by atomic mass is 10.1. The molecule has 1 aliphatic carbocycles. The molecule has 1 heterocycles. The normalized spacial score (nSPS) is 20.1. The highest BCUT2D eigenvalue weighted by Crippen LogP contribution is 2.34. The first kappa shape index (κ1) is 17.9. The fraction of sp³-hybridized carbons (Fsp3) is 0.632. The maximum absolute atomic E-state index is 10.0. The number of nitrogens with zero attached hydrogens (tertiary/aromatic N) is 4. The van der Waals surface area contributed by atoms with Crippen LogP contribution in [0.25, 0.3) is 0 Å². The summed E-state index contributed by atoms with van der Waals surface area (Å²) in [4.78, 5) is 11.4. The van der Waals surface area contributed by atoms with Gasteiger partial charge < -0.3 is 25.1 Å². The highest BCUT2D eigenvalue weighted by Gasteiger charge is 2.33. The minimum Gasteiger partial charge on any atom is -0.506 e. The van der Waals surface area contributed by atoms with Gasteiger partial charge in [-0.05, 0) is 45.0 Å². The maximum atomic E-state index is 10.0. The van der Waals surface area contributed by atoms with Crippen molar-refractivity contribution in [1.82, 2.24) is 15.1 Å². The van der Waals surface area contributed by atoms with Gasteiger partial charge >= 0.3 is 0 Å². The third-order valence-corrected chi connectivity index (χ3v) is 5.31. The number of benzene rings is 1. The summed E-state index contributed by atoms with van der Waals surface area (Å²) in [5.41, 5.74) is 0.923. The molecular weight excluding hydrogens is 314 g/mol. The predicted molar refractivity (Wildman–Crippen MR) is 103 cm³/mol. The molecule has 6 heteroatoms. The Kier molecular flexibility index (Phi) is 5.68. The lowest BCUT2D eigenvalue weighted by Crippen LogP contribution is -2.54. The lowest BCUT2D eigenvalue weighted by molar-refractivity contribution is 0.260. The summed E-state index contributed by atoms with van der Waals surface area (Å²) in [6, 6.07) is 8.15. The van der Waals surface area contributed by atoms with Gasteiger partial charge in [0.2, 0.25) is 0 Å². The van der Waals surface area contributed by atoms with Crippen molar-refractivity contribution >= 4 is 11.6 Å². The summed E-state index contributed by atoms with van der Waals surface area (Å²) in [7, 11) is 6.19. The monoisotopic (exact) mass is 345 g/mol. The van der Waals surface area contributed by atoms with Gasteiger partial charge in [0.15, 0.2) is 5.96 Å². The van der Waals surface area contributed by atoms with E-state index in [1.165, 1.54) is 12.8 Å². The quantitative estimate of drug-likeness (QED) is 0.625. The number of aromatic hydroxyl groups is 1. The number of likely N-dealkylation sites (N-methyl/N-ethyl adjacent to an activating group) is 1. The second-order valence-electron chi connectivity index (χ2n) is 7.26. The Bertz CT molecular complexity index is 589. The average molecular weight is 345 g/mol. The molecule has 3 rings (SSSR count). The average Bonchev–Trinajstić information content (AvgIpc) is 3.44. The largest absolute Gasteiger partial charge is 0.506 e. The molecule has 1 atom stereocenters. The molecule has 1 unspecified atom stereocenters. The zero-order valence-electron chi connectivity index (χ0n) is 15.6. The topological polar surface area (TPSA) is 54.3 Å². The lowest BCUT2D eigenvalue weighted by Gasteiger charge is -2.38. The molecule has 0 spiro atoms. The maximum Gasteiger partial charge on any atom is 0.193 e. The molecule has 6 nitrogen and oxygen atoms in total. The van der Waals surface area contributed by atoms with E-state index in [1.807, 2.05) is 25.2 Å². The van der Waals surface area contributed by atoms with E-state index < -0.39 is 0 Å². The number of anilines is 1. The van der Waals surface area contributed by atoms with Gasteiger partial charge in [-0.3, -0.25) is 4.99 Å². The minimum atomic E-state index is 0.358. The smallest absolute Gasteiger partial charge is 0.193 e. The molecule has 1 saturated heterocycles. The molecule has 0 aromatic heterocycles. The summed E-state index contributed by atoms with van der Waals surface area (Å²) in [5.74, 6) is 2.18. The highest BCUT2D eigenvalue weighted by molar-refractivity contribution is 5.80. The molecule has 2 fully saturated rings. The number of phenolic OH excluding ortho intramolecular Hbond substituents is 1. The molecule has 0 bridgehead atoms. The van der Waals surface area contributed by atoms with E-state index in [9.17, 15) is 5.11 Å². The number of hydrogen-bond donors (Lipinski definition) is 2. The number of hydrogen-bond acceptors (Lipinski definition) is 4. The van der Waals surface area contributed by atoms with Gasteiger partial charge in [-0.1, -0.05) is 12.1 Å². The Labute approximate surface area is 151 Å². The first-order valence-corrected chi connectivity index (χ1v) is 9.25. The molecule has 25 heavy (non-hydrogen) atoms. The molecule has 138 valence electrons. The van der Waals surface area contributed by atoms with Gasteiger partial charge in [0, 0.05) is 45.8 Å². The third kappa shape index (κ3) is 4.37. The standard InChI is InChI=1S/C19H31N5O/c1-20-19(21-14-17(22(2)3)15-8-9-15)24-12-10-23(11-13-24)16-6-4-5-7-18(16)25/h4-7,15,17,25H,8-14H2,1-3H3,(H,20,21). The van der Waals surface area contributed by atoms with Gasteiger partial charge in [-0.2, -0.15) is 0 Å². The van der Waals surface area contributed by atoms with Crippen LogP contribution in [0.2, 0.25) is 0 Å². The Morgan fingerprint density at radius 1 is 1.24 bits per heavy atom. The molecule has 1 aliphatic heterocycles. The van der Waals surface area contributed by atoms with Crippen molar-refractivity contribution < 1.29 is 5.11 Å². The van der Waals surface area contributed by atoms with Crippen LogP contribution in [0.3, 0.4) is 0 Å². The van der Waals surface area contributed by atoms with Crippen LogP contribution in [0.15, 0.2) is 29.3 Å². The predicted octanol–water partition coefficient (Wildman–Crippen LogP) is 1.43. The zero-order chi connectivity index (χ0) is 17.8. The summed E-state index contributed by atoms with van der Waals surface area (Å²) < 4.78 is 0. The Balaban J connectivity index is 1.53. The van der Waals surface area contributed by atoms with Crippen LogP contribution in [0.5, 0.6) is 5.75 Å². The summed E-state index contributed by atoms with van der Waals surface area (Å²) in [5, 5.41) is 13.6. The fourth-order valence-corrected chi connectivity index (χ4v) is 3.67. The summed E-state index contributed by atoms with van der Waals surface area (Å²) in [6.07, 6.45) is 2.70. The van der Waals surface area contributed by atoms with E-state index >= 15 is 0 Å². The van der Waals surface area contributed by atoms with E-state index in [1.54, 1.807) is 6.07 Å². The van der Waals surface area contributed by atoms with Crippen molar-refractivity contribution in [1.29, 1.82) is 0 Å². The van der Waals surface area contributed by atoms with Crippen LogP contribution in [0.4, 0.5) is 5.69 Å². The van der Waals surface area contributed by atoms with Gasteiger partial charge in [0.25, 0.3) is 0 Å². The van der Waals surface area contributed by atoms with Gasteiger partial charge in [0.1, 0.15) is 5.75 Å². The first-order chi connectivity index (χ1) is 12.1. The molecule has 1 aromatic rings. The summed E-state index contributed by atoms with van der Waals surface area (Å²) in [6.45, 7) is 4.54. The van der Waals surface area contributed by atoms with Crippen molar-refractivity contribution in [3.05, 3.63) is 24.3 Å². The van der Waals surface area contributed by atoms with Crippen LogP contribution in [-0.2, 0) is 0 Å². The van der Waals surface area contributed by atoms with Gasteiger partial charge in [-0.25, -0.2) is 0 Å². The van der Waals surface area contributed by atoms with E-state index in [4.69, 9.17) is 0 Å². The summed E-state index contributed by atoms with van der Waals surface area (Å²) >= 11 is 0. The molecular formula is C19H31N5O. The molecule has 0 radical (unpaired) electrons. The van der Waals surface area contributed by atoms with E-state index in [-0.39, 0.29) is 0 Å². The number of guanidine groups is 1. The molecule has 1 aromatic carbocycles. The van der Waals surface area contributed by atoms with Crippen molar-refractivity contribution in [2.45, 2.75) is 18.9 Å². The van der Waals surface area contributed by atoms with Crippen LogP contribution in [0.1, 0.15) is 12.8 Å². The van der Waals surface area contributed by atoms with E-state index in [0.29, 0.717) is 11.8 Å². The number of piperazine rings is 1.